The van der Waals surface area contributed by atoms with Crippen LogP contribution in [0.3, 0.4) is 0 Å². The van der Waals surface area contributed by atoms with Crippen LogP contribution in [-0.4, -0.2) is 55.8 Å². The second kappa shape index (κ2) is 13.0. The van der Waals surface area contributed by atoms with Gasteiger partial charge in [0.1, 0.15) is 11.5 Å². The molecule has 0 fully saturated rings. The van der Waals surface area contributed by atoms with Gasteiger partial charge in [0.15, 0.2) is 0 Å². The molecule has 4 aromatic carbocycles. The van der Waals surface area contributed by atoms with Crippen molar-refractivity contribution in [1.29, 1.82) is 0 Å². The van der Waals surface area contributed by atoms with Crippen molar-refractivity contribution in [1.82, 2.24) is 25.5 Å². The number of phenolic OH excluding ortho intramolecular Hbond substituents is 1. The van der Waals surface area contributed by atoms with E-state index in [1.165, 1.54) is 37.1 Å². The van der Waals surface area contributed by atoms with E-state index in [0.717, 1.165) is 5.69 Å². The third-order valence-electron chi connectivity index (χ3n) is 6.31. The molecule has 0 aliphatic carbocycles. The number of fused-ring (bicyclic) bond motifs is 1. The Morgan fingerprint density at radius 1 is 1.02 bits per heavy atom. The summed E-state index contributed by atoms with van der Waals surface area (Å²) >= 11 is 1.31. The van der Waals surface area contributed by atoms with Gasteiger partial charge in [0, 0.05) is 29.1 Å². The molecular formula is C29H24N6O7S. The molecule has 13 nitrogen and oxygen atoms in total. The molecule has 1 heterocycles. The molecule has 0 bridgehead atoms. The van der Waals surface area contributed by atoms with E-state index in [1.54, 1.807) is 35.0 Å². The monoisotopic (exact) mass is 600 g/mol. The first-order valence-corrected chi connectivity index (χ1v) is 13.9. The van der Waals surface area contributed by atoms with Gasteiger partial charge >= 0.3 is 11.7 Å². The average Bonchev–Trinajstić information content (AvgIpc) is 3.50. The van der Waals surface area contributed by atoms with E-state index < -0.39 is 16.8 Å². The number of amides is 1. The van der Waals surface area contributed by atoms with Crippen LogP contribution in [0, 0.1) is 10.1 Å². The molecule has 0 unspecified atom stereocenters. The van der Waals surface area contributed by atoms with Crippen LogP contribution in [0.1, 0.15) is 22.3 Å². The van der Waals surface area contributed by atoms with Gasteiger partial charge in [-0.1, -0.05) is 60.3 Å². The number of ether oxygens (including phenoxy) is 2. The van der Waals surface area contributed by atoms with Gasteiger partial charge in [-0.15, -0.1) is 5.10 Å². The number of hydrogen-bond acceptors (Lipinski definition) is 11. The number of aromatic hydroxyl groups is 1. The highest BCUT2D eigenvalue weighted by atomic mass is 32.2. The average molecular weight is 601 g/mol. The van der Waals surface area contributed by atoms with Gasteiger partial charge in [0.05, 0.1) is 29.7 Å². The Labute approximate surface area is 248 Å². The fourth-order valence-electron chi connectivity index (χ4n) is 4.21. The first-order chi connectivity index (χ1) is 20.9. The van der Waals surface area contributed by atoms with Crippen molar-refractivity contribution in [3.63, 3.8) is 0 Å². The molecule has 0 saturated heterocycles. The quantitative estimate of drug-likeness (QED) is 0.0922. The van der Waals surface area contributed by atoms with Gasteiger partial charge in [-0.3, -0.25) is 19.7 Å². The van der Waals surface area contributed by atoms with Gasteiger partial charge in [-0.05, 0) is 40.3 Å². The number of carbonyl (C=O) groups excluding carboxylic acids is 2. The number of benzene rings is 4. The third kappa shape index (κ3) is 6.54. The number of phenols is 1. The number of thioether (sulfide) groups is 1. The zero-order valence-electron chi connectivity index (χ0n) is 22.7. The molecule has 0 aliphatic rings. The second-order valence-corrected chi connectivity index (χ2v) is 10.00. The number of nitro benzene ring substituents is 1. The highest BCUT2D eigenvalue weighted by molar-refractivity contribution is 7.98. The Bertz CT molecular complexity index is 1810. The van der Waals surface area contributed by atoms with Crippen molar-refractivity contribution in [3.05, 3.63) is 100 Å². The van der Waals surface area contributed by atoms with Crippen molar-refractivity contribution < 1.29 is 29.1 Å². The zero-order chi connectivity index (χ0) is 30.3. The maximum Gasteiger partial charge on any atom is 0.311 e. The number of methoxy groups -OCH3 is 1. The lowest BCUT2D eigenvalue weighted by atomic mass is 10.0. The summed E-state index contributed by atoms with van der Waals surface area (Å²) in [5.41, 5.74) is 1.00. The predicted molar refractivity (Wildman–Crippen MR) is 156 cm³/mol. The van der Waals surface area contributed by atoms with Crippen LogP contribution < -0.4 is 10.1 Å². The smallest absolute Gasteiger partial charge is 0.311 e. The number of carbonyl (C=O) groups is 2. The van der Waals surface area contributed by atoms with E-state index in [0.29, 0.717) is 27.2 Å². The summed E-state index contributed by atoms with van der Waals surface area (Å²) in [5, 5.41) is 38.6. The Hall–Kier alpha value is -5.50. The summed E-state index contributed by atoms with van der Waals surface area (Å²) in [7, 11) is 1.24. The van der Waals surface area contributed by atoms with E-state index in [-0.39, 0.29) is 41.5 Å². The number of aromatic nitrogens is 4. The van der Waals surface area contributed by atoms with E-state index in [9.17, 15) is 24.8 Å². The van der Waals surface area contributed by atoms with Crippen LogP contribution in [0.15, 0.2) is 84.0 Å². The molecule has 1 aromatic heterocycles. The minimum Gasteiger partial charge on any atom is -0.506 e. The largest absolute Gasteiger partial charge is 0.506 e. The Kier molecular flexibility index (Phi) is 8.77. The lowest BCUT2D eigenvalue weighted by molar-refractivity contribution is -0.385. The van der Waals surface area contributed by atoms with E-state index >= 15 is 0 Å². The number of para-hydroxylation sites is 1. The lowest BCUT2D eigenvalue weighted by Gasteiger charge is -2.14. The molecule has 2 N–H and O–H groups in total. The molecule has 0 radical (unpaired) electrons. The Morgan fingerprint density at radius 2 is 1.77 bits per heavy atom. The highest BCUT2D eigenvalue weighted by Gasteiger charge is 2.22. The number of hydrogen-bond donors (Lipinski definition) is 2. The molecule has 0 aliphatic heterocycles. The Morgan fingerprint density at radius 3 is 2.51 bits per heavy atom. The topological polar surface area (TPSA) is 172 Å². The number of tetrazole rings is 1. The summed E-state index contributed by atoms with van der Waals surface area (Å²) in [5.74, 6) is -1.04. The zero-order valence-corrected chi connectivity index (χ0v) is 23.5. The second-order valence-electron chi connectivity index (χ2n) is 9.06. The highest BCUT2D eigenvalue weighted by Crippen LogP contribution is 2.41. The number of rotatable bonds is 11. The molecule has 218 valence electrons. The van der Waals surface area contributed by atoms with E-state index in [2.05, 4.69) is 25.6 Å². The molecule has 43 heavy (non-hydrogen) atoms. The van der Waals surface area contributed by atoms with Crippen LogP contribution in [-0.2, 0) is 15.3 Å². The normalized spacial score (nSPS) is 10.8. The first-order valence-electron chi connectivity index (χ1n) is 12.9. The van der Waals surface area contributed by atoms with Crippen molar-refractivity contribution >= 4 is 40.1 Å². The summed E-state index contributed by atoms with van der Waals surface area (Å²) in [6.45, 7) is -0.0172. The molecule has 5 rings (SSSR count). The molecule has 14 heteroatoms. The summed E-state index contributed by atoms with van der Waals surface area (Å²) in [6, 6.07) is 21.9. The predicted octanol–water partition coefficient (Wildman–Crippen LogP) is 4.81. The molecule has 0 atom stereocenters. The Balaban J connectivity index is 1.40. The van der Waals surface area contributed by atoms with Crippen LogP contribution in [0.4, 0.5) is 5.69 Å². The maximum absolute atomic E-state index is 12.9. The van der Waals surface area contributed by atoms with Crippen molar-refractivity contribution in [3.8, 4) is 22.9 Å². The van der Waals surface area contributed by atoms with Crippen molar-refractivity contribution in [2.45, 2.75) is 17.3 Å². The number of esters is 1. The first kappa shape index (κ1) is 29.0. The molecule has 5 aromatic rings. The van der Waals surface area contributed by atoms with Gasteiger partial charge in [-0.2, -0.15) is 4.68 Å². The number of nitrogens with one attached hydrogen (secondary N) is 1. The van der Waals surface area contributed by atoms with Gasteiger partial charge < -0.3 is 19.9 Å². The summed E-state index contributed by atoms with van der Waals surface area (Å²) in [4.78, 5) is 35.8. The lowest BCUT2D eigenvalue weighted by Crippen LogP contribution is -2.26. The van der Waals surface area contributed by atoms with E-state index in [1.807, 2.05) is 30.3 Å². The minimum absolute atomic E-state index is 0.0172. The van der Waals surface area contributed by atoms with Gasteiger partial charge in [0.25, 0.3) is 5.91 Å². The van der Waals surface area contributed by atoms with Crippen molar-refractivity contribution in [2.24, 2.45) is 0 Å². The number of nitro groups is 1. The van der Waals surface area contributed by atoms with Crippen LogP contribution in [0.25, 0.3) is 16.5 Å². The summed E-state index contributed by atoms with van der Waals surface area (Å²) < 4.78 is 12.2. The van der Waals surface area contributed by atoms with E-state index in [4.69, 9.17) is 4.74 Å². The van der Waals surface area contributed by atoms with Gasteiger partial charge in [0.2, 0.25) is 10.9 Å². The number of nitrogens with zero attached hydrogens (tertiary/aromatic N) is 5. The van der Waals surface area contributed by atoms with Crippen LogP contribution in [0.5, 0.6) is 17.2 Å². The minimum atomic E-state index is -0.656. The van der Waals surface area contributed by atoms with Crippen LogP contribution in [0.2, 0.25) is 0 Å². The molecule has 1 amide bonds. The van der Waals surface area contributed by atoms with Gasteiger partial charge in [-0.25, -0.2) is 0 Å². The molecule has 0 saturated carbocycles. The fourth-order valence-corrected chi connectivity index (χ4v) is 5.04. The maximum atomic E-state index is 12.9. The molecular weight excluding hydrogens is 576 g/mol. The third-order valence-corrected chi connectivity index (χ3v) is 7.31. The fraction of sp³-hybridized carbons (Fsp3) is 0.138. The summed E-state index contributed by atoms with van der Waals surface area (Å²) in [6.07, 6.45) is -0.0576. The van der Waals surface area contributed by atoms with Crippen LogP contribution >= 0.6 is 11.8 Å². The standard InChI is InChI=1S/C29H24N6O7S/c1-41-26(36)13-14-30-28(38)22-16-25(20-9-5-6-10-21(20)27(22)37)42-24-12-11-18(15-23(24)35(39)40)17-43-29-31-32-33-34(29)19-7-3-2-4-8-19/h2-12,15-16,37H,13-14,17H2,1H3,(H,30,38). The van der Waals surface area contributed by atoms with Crippen molar-refractivity contribution in [2.75, 3.05) is 13.7 Å². The molecule has 0 spiro atoms. The SMILES string of the molecule is COC(=O)CCNC(=O)c1cc(Oc2ccc(CSc3nnnn3-c3ccccc3)cc2[N+](=O)[O-])c2ccccc2c1O.